The molecule has 0 aliphatic heterocycles. The first kappa shape index (κ1) is 14.9. The zero-order chi connectivity index (χ0) is 14.5. The lowest BCUT2D eigenvalue weighted by Crippen LogP contribution is -2.33. The van der Waals surface area contributed by atoms with Crippen LogP contribution in [-0.4, -0.2) is 21.4 Å². The van der Waals surface area contributed by atoms with Crippen LogP contribution in [-0.2, 0) is 4.79 Å². The summed E-state index contributed by atoms with van der Waals surface area (Å²) in [4.78, 5) is 12.1. The van der Waals surface area contributed by atoms with E-state index in [9.17, 15) is 9.18 Å². The van der Waals surface area contributed by atoms with Gasteiger partial charge in [0.2, 0.25) is 5.91 Å². The SMILES string of the molecule is C[C@H](Sc1nncs1)C(=O)N[C@@H](C)c1ccc(F)cc1. The van der Waals surface area contributed by atoms with Crippen LogP contribution >= 0.6 is 23.1 Å². The molecule has 2 rings (SSSR count). The summed E-state index contributed by atoms with van der Waals surface area (Å²) in [6.07, 6.45) is 0. The topological polar surface area (TPSA) is 54.9 Å². The molecular weight excluding hydrogens is 297 g/mol. The van der Waals surface area contributed by atoms with Crippen molar-refractivity contribution in [3.8, 4) is 0 Å². The van der Waals surface area contributed by atoms with Gasteiger partial charge in [-0.25, -0.2) is 4.39 Å². The molecular formula is C13H14FN3OS2. The molecule has 2 atom stereocenters. The first-order valence-corrected chi connectivity index (χ1v) is 7.81. The Morgan fingerprint density at radius 1 is 1.35 bits per heavy atom. The lowest BCUT2D eigenvalue weighted by Gasteiger charge is -2.17. The summed E-state index contributed by atoms with van der Waals surface area (Å²) in [5.41, 5.74) is 2.50. The van der Waals surface area contributed by atoms with E-state index in [2.05, 4.69) is 15.5 Å². The predicted octanol–water partition coefficient (Wildman–Crippen LogP) is 3.04. The highest BCUT2D eigenvalue weighted by Crippen LogP contribution is 2.24. The lowest BCUT2D eigenvalue weighted by molar-refractivity contribution is -0.120. The molecule has 106 valence electrons. The van der Waals surface area contributed by atoms with Crippen molar-refractivity contribution in [2.45, 2.75) is 29.5 Å². The second-order valence-electron chi connectivity index (χ2n) is 4.25. The molecule has 0 saturated heterocycles. The Morgan fingerprint density at radius 2 is 2.05 bits per heavy atom. The number of thioether (sulfide) groups is 1. The van der Waals surface area contributed by atoms with Crippen LogP contribution in [0.1, 0.15) is 25.5 Å². The highest BCUT2D eigenvalue weighted by Gasteiger charge is 2.18. The number of rotatable bonds is 5. The van der Waals surface area contributed by atoms with Gasteiger partial charge in [-0.15, -0.1) is 10.2 Å². The number of carbonyl (C=O) groups is 1. The number of benzene rings is 1. The van der Waals surface area contributed by atoms with E-state index >= 15 is 0 Å². The average Bonchev–Trinajstić information content (AvgIpc) is 2.92. The molecule has 7 heteroatoms. The van der Waals surface area contributed by atoms with E-state index in [4.69, 9.17) is 0 Å². The van der Waals surface area contributed by atoms with Gasteiger partial charge in [0.15, 0.2) is 4.34 Å². The van der Waals surface area contributed by atoms with Crippen molar-refractivity contribution < 1.29 is 9.18 Å². The minimum Gasteiger partial charge on any atom is -0.349 e. The number of hydrogen-bond acceptors (Lipinski definition) is 5. The van der Waals surface area contributed by atoms with E-state index in [1.54, 1.807) is 17.6 Å². The summed E-state index contributed by atoms with van der Waals surface area (Å²) < 4.78 is 13.6. The summed E-state index contributed by atoms with van der Waals surface area (Å²) in [7, 11) is 0. The van der Waals surface area contributed by atoms with Crippen LogP contribution in [0.25, 0.3) is 0 Å². The van der Waals surface area contributed by atoms with Crippen LogP contribution in [0.2, 0.25) is 0 Å². The molecule has 0 unspecified atom stereocenters. The third-order valence-corrected chi connectivity index (χ3v) is 4.63. The van der Waals surface area contributed by atoms with Crippen LogP contribution in [0, 0.1) is 5.82 Å². The Bertz CT molecular complexity index is 560. The number of carbonyl (C=O) groups excluding carboxylic acids is 1. The Labute approximate surface area is 124 Å². The summed E-state index contributed by atoms with van der Waals surface area (Å²) in [6, 6.07) is 5.95. The molecule has 0 bridgehead atoms. The van der Waals surface area contributed by atoms with Gasteiger partial charge in [0.05, 0.1) is 11.3 Å². The molecule has 1 amide bonds. The monoisotopic (exact) mass is 311 g/mol. The van der Waals surface area contributed by atoms with Crippen molar-refractivity contribution in [1.29, 1.82) is 0 Å². The van der Waals surface area contributed by atoms with E-state index < -0.39 is 0 Å². The van der Waals surface area contributed by atoms with Gasteiger partial charge in [-0.3, -0.25) is 4.79 Å². The largest absolute Gasteiger partial charge is 0.349 e. The fourth-order valence-corrected chi connectivity index (χ4v) is 3.22. The van der Waals surface area contributed by atoms with E-state index in [0.29, 0.717) is 0 Å². The second kappa shape index (κ2) is 6.81. The van der Waals surface area contributed by atoms with Crippen molar-refractivity contribution >= 4 is 29.0 Å². The molecule has 1 aromatic heterocycles. The third kappa shape index (κ3) is 4.01. The van der Waals surface area contributed by atoms with Gasteiger partial charge >= 0.3 is 0 Å². The van der Waals surface area contributed by atoms with E-state index in [0.717, 1.165) is 9.90 Å². The fraction of sp³-hybridized carbons (Fsp3) is 0.308. The summed E-state index contributed by atoms with van der Waals surface area (Å²) in [5.74, 6) is -0.366. The number of hydrogen-bond donors (Lipinski definition) is 1. The van der Waals surface area contributed by atoms with Crippen LogP contribution < -0.4 is 5.32 Å². The number of aromatic nitrogens is 2. The van der Waals surface area contributed by atoms with Crippen molar-refractivity contribution in [3.05, 3.63) is 41.2 Å². The summed E-state index contributed by atoms with van der Waals surface area (Å²) >= 11 is 2.78. The lowest BCUT2D eigenvalue weighted by atomic mass is 10.1. The Morgan fingerprint density at radius 3 is 2.65 bits per heavy atom. The Balaban J connectivity index is 1.91. The van der Waals surface area contributed by atoms with Crippen LogP contribution in [0.15, 0.2) is 34.1 Å². The molecule has 0 saturated carbocycles. The molecule has 0 aliphatic rings. The van der Waals surface area contributed by atoms with Crippen LogP contribution in [0.5, 0.6) is 0 Å². The standard InChI is InChI=1S/C13H14FN3OS2/c1-8(10-3-5-11(14)6-4-10)16-12(18)9(2)20-13-17-15-7-19-13/h3-9H,1-2H3,(H,16,18)/t8-,9-/m0/s1. The van der Waals surface area contributed by atoms with Crippen molar-refractivity contribution in [1.82, 2.24) is 15.5 Å². The van der Waals surface area contributed by atoms with Gasteiger partial charge in [-0.1, -0.05) is 35.2 Å². The normalized spacial score (nSPS) is 13.8. The number of halogens is 1. The highest BCUT2D eigenvalue weighted by atomic mass is 32.2. The van der Waals surface area contributed by atoms with Gasteiger partial charge in [0.1, 0.15) is 11.3 Å². The molecule has 0 aliphatic carbocycles. The van der Waals surface area contributed by atoms with Crippen molar-refractivity contribution in [2.75, 3.05) is 0 Å². The maximum absolute atomic E-state index is 12.9. The number of amides is 1. The first-order chi connectivity index (χ1) is 9.56. The molecule has 4 nitrogen and oxygen atoms in total. The predicted molar refractivity (Wildman–Crippen MR) is 78.2 cm³/mol. The zero-order valence-electron chi connectivity index (χ0n) is 11.0. The molecule has 2 aromatic rings. The van der Waals surface area contributed by atoms with Gasteiger partial charge in [-0.2, -0.15) is 0 Å². The molecule has 0 spiro atoms. The summed E-state index contributed by atoms with van der Waals surface area (Å²) in [5, 5.41) is 10.3. The third-order valence-electron chi connectivity index (χ3n) is 2.72. The maximum atomic E-state index is 12.9. The smallest absolute Gasteiger partial charge is 0.233 e. The molecule has 1 aromatic carbocycles. The van der Waals surface area contributed by atoms with Gasteiger partial charge in [0, 0.05) is 0 Å². The highest BCUT2D eigenvalue weighted by molar-refractivity contribution is 8.02. The van der Waals surface area contributed by atoms with Gasteiger partial charge in [-0.05, 0) is 31.5 Å². The van der Waals surface area contributed by atoms with E-state index in [1.165, 1.54) is 35.2 Å². The number of nitrogens with one attached hydrogen (secondary N) is 1. The second-order valence-corrected chi connectivity index (χ2v) is 6.67. The van der Waals surface area contributed by atoms with Crippen molar-refractivity contribution in [2.24, 2.45) is 0 Å². The Kier molecular flexibility index (Phi) is 5.08. The molecule has 1 N–H and O–H groups in total. The van der Waals surface area contributed by atoms with Crippen LogP contribution in [0.4, 0.5) is 4.39 Å². The average molecular weight is 311 g/mol. The quantitative estimate of drug-likeness (QED) is 0.862. The summed E-state index contributed by atoms with van der Waals surface area (Å²) in [6.45, 7) is 3.69. The zero-order valence-corrected chi connectivity index (χ0v) is 12.7. The van der Waals surface area contributed by atoms with Crippen LogP contribution in [0.3, 0.4) is 0 Å². The van der Waals surface area contributed by atoms with Crippen molar-refractivity contribution in [3.63, 3.8) is 0 Å². The minimum atomic E-state index is -0.285. The first-order valence-electron chi connectivity index (χ1n) is 6.05. The molecule has 20 heavy (non-hydrogen) atoms. The molecule has 0 fully saturated rings. The fourth-order valence-electron chi connectivity index (χ4n) is 1.58. The maximum Gasteiger partial charge on any atom is 0.233 e. The van der Waals surface area contributed by atoms with Gasteiger partial charge < -0.3 is 5.32 Å². The molecule has 0 radical (unpaired) electrons. The Hall–Kier alpha value is -1.47. The van der Waals surface area contributed by atoms with Gasteiger partial charge in [0.25, 0.3) is 0 Å². The molecule has 1 heterocycles. The number of nitrogens with zero attached hydrogens (tertiary/aromatic N) is 2. The van der Waals surface area contributed by atoms with E-state index in [-0.39, 0.29) is 23.0 Å². The minimum absolute atomic E-state index is 0.0815. The van der Waals surface area contributed by atoms with E-state index in [1.807, 2.05) is 13.8 Å².